The molecule has 2 N–H and O–H groups in total. The van der Waals surface area contributed by atoms with Crippen LogP contribution >= 0.6 is 21.6 Å². The highest BCUT2D eigenvalue weighted by molar-refractivity contribution is 8.77. The third kappa shape index (κ3) is 4.22. The molecule has 1 aromatic carbocycles. The number of azide groups is 1. The predicted molar refractivity (Wildman–Crippen MR) is 72.0 cm³/mol. The van der Waals surface area contributed by atoms with Crippen molar-refractivity contribution >= 4 is 33.2 Å². The van der Waals surface area contributed by atoms with Gasteiger partial charge in [0.25, 0.3) is 0 Å². The molecule has 0 unspecified atom stereocenters. The normalized spacial score (nSPS) is 10.7. The molecule has 0 heterocycles. The molecule has 90 valence electrons. The Morgan fingerprint density at radius 1 is 1.41 bits per heavy atom. The van der Waals surface area contributed by atoms with Crippen LogP contribution in [0.15, 0.2) is 34.3 Å². The van der Waals surface area contributed by atoms with Crippen LogP contribution in [-0.2, 0) is 4.79 Å². The maximum absolute atomic E-state index is 11.1. The summed E-state index contributed by atoms with van der Waals surface area (Å²) >= 11 is 0. The molecular formula is C10H12N4OS2. The van der Waals surface area contributed by atoms with Gasteiger partial charge in [0.1, 0.15) is 0 Å². The van der Waals surface area contributed by atoms with Gasteiger partial charge in [-0.2, -0.15) is 0 Å². The molecule has 0 aliphatic carbocycles. The third-order valence-corrected chi connectivity index (χ3v) is 5.18. The lowest BCUT2D eigenvalue weighted by Gasteiger charge is -2.18. The highest BCUT2D eigenvalue weighted by atomic mass is 33.1. The molecule has 7 heteroatoms. The Balaban J connectivity index is 2.64. The van der Waals surface area contributed by atoms with Crippen molar-refractivity contribution in [2.24, 2.45) is 10.8 Å². The van der Waals surface area contributed by atoms with Gasteiger partial charge in [-0.1, -0.05) is 38.8 Å². The molecule has 0 aliphatic heterocycles. The zero-order valence-corrected chi connectivity index (χ0v) is 11.1. The molecule has 17 heavy (non-hydrogen) atoms. The van der Waals surface area contributed by atoms with Crippen molar-refractivity contribution in [1.29, 1.82) is 0 Å². The van der Waals surface area contributed by atoms with Crippen molar-refractivity contribution in [3.8, 4) is 0 Å². The van der Waals surface area contributed by atoms with Crippen LogP contribution in [0.3, 0.4) is 0 Å². The maximum Gasteiger partial charge on any atom is 0.233 e. The highest BCUT2D eigenvalue weighted by Crippen LogP contribution is 2.40. The van der Waals surface area contributed by atoms with E-state index in [2.05, 4.69) is 10.0 Å². The molecule has 0 aliphatic rings. The van der Waals surface area contributed by atoms with Gasteiger partial charge in [0.15, 0.2) is 0 Å². The Labute approximate surface area is 107 Å². The SMILES string of the molecule is CC(C)(SSc1ccc(N=[N+]=[N-])cc1)C(N)=O. The summed E-state index contributed by atoms with van der Waals surface area (Å²) in [6.07, 6.45) is 0. The Morgan fingerprint density at radius 3 is 2.47 bits per heavy atom. The molecule has 1 amide bonds. The molecule has 1 aromatic rings. The number of carbonyl (C=O) groups is 1. The molecule has 5 nitrogen and oxygen atoms in total. The number of nitrogens with zero attached hydrogens (tertiary/aromatic N) is 3. The molecule has 0 atom stereocenters. The minimum absolute atomic E-state index is 0.347. The minimum atomic E-state index is -0.617. The molecule has 0 fully saturated rings. The summed E-state index contributed by atoms with van der Waals surface area (Å²) in [5, 5.41) is 3.48. The van der Waals surface area contributed by atoms with Gasteiger partial charge in [-0.05, 0) is 31.5 Å². The Hall–Kier alpha value is -1.30. The van der Waals surface area contributed by atoms with E-state index in [1.165, 1.54) is 21.6 Å². The fraction of sp³-hybridized carbons (Fsp3) is 0.300. The van der Waals surface area contributed by atoms with Crippen molar-refractivity contribution in [3.05, 3.63) is 34.7 Å². The summed E-state index contributed by atoms with van der Waals surface area (Å²) < 4.78 is -0.617. The first-order valence-electron chi connectivity index (χ1n) is 4.76. The topological polar surface area (TPSA) is 91.8 Å². The second kappa shape index (κ2) is 5.86. The lowest BCUT2D eigenvalue weighted by atomic mass is 10.2. The average molecular weight is 268 g/mol. The Kier molecular flexibility index (Phi) is 4.74. The zero-order chi connectivity index (χ0) is 12.9. The molecule has 0 saturated heterocycles. The summed E-state index contributed by atoms with van der Waals surface area (Å²) in [6.45, 7) is 3.56. The van der Waals surface area contributed by atoms with Gasteiger partial charge < -0.3 is 5.73 Å². The monoisotopic (exact) mass is 268 g/mol. The van der Waals surface area contributed by atoms with Gasteiger partial charge in [0.05, 0.1) is 4.75 Å². The molecule has 0 aromatic heterocycles. The van der Waals surface area contributed by atoms with Crippen molar-refractivity contribution in [1.82, 2.24) is 0 Å². The summed E-state index contributed by atoms with van der Waals surface area (Å²) in [5.74, 6) is -0.347. The van der Waals surface area contributed by atoms with Crippen LogP contribution < -0.4 is 5.73 Å². The predicted octanol–water partition coefficient (Wildman–Crippen LogP) is 3.63. The number of benzene rings is 1. The van der Waals surface area contributed by atoms with E-state index in [4.69, 9.17) is 11.3 Å². The minimum Gasteiger partial charge on any atom is -0.368 e. The van der Waals surface area contributed by atoms with E-state index in [0.29, 0.717) is 5.69 Å². The zero-order valence-electron chi connectivity index (χ0n) is 9.45. The van der Waals surface area contributed by atoms with Crippen molar-refractivity contribution in [2.45, 2.75) is 23.5 Å². The van der Waals surface area contributed by atoms with Crippen LogP contribution in [0.4, 0.5) is 5.69 Å². The molecule has 0 radical (unpaired) electrons. The van der Waals surface area contributed by atoms with Gasteiger partial charge >= 0.3 is 0 Å². The summed E-state index contributed by atoms with van der Waals surface area (Å²) in [6, 6.07) is 7.11. The Bertz CT molecular complexity index is 452. The third-order valence-electron chi connectivity index (χ3n) is 1.94. The average Bonchev–Trinajstić information content (AvgIpc) is 2.28. The molecule has 0 saturated carbocycles. The fourth-order valence-corrected chi connectivity index (χ4v) is 2.94. The second-order valence-electron chi connectivity index (χ2n) is 3.72. The van der Waals surface area contributed by atoms with Crippen LogP contribution in [0.25, 0.3) is 10.4 Å². The van der Waals surface area contributed by atoms with E-state index in [-0.39, 0.29) is 5.91 Å². The van der Waals surface area contributed by atoms with Gasteiger partial charge in [0, 0.05) is 15.5 Å². The van der Waals surface area contributed by atoms with Crippen molar-refractivity contribution in [3.63, 3.8) is 0 Å². The molecule has 0 spiro atoms. The van der Waals surface area contributed by atoms with Crippen LogP contribution in [-0.4, -0.2) is 10.7 Å². The lowest BCUT2D eigenvalue weighted by Crippen LogP contribution is -2.33. The van der Waals surface area contributed by atoms with Crippen LogP contribution in [0.2, 0.25) is 0 Å². The van der Waals surface area contributed by atoms with E-state index in [1.54, 1.807) is 26.0 Å². The first-order chi connectivity index (χ1) is 7.95. The fourth-order valence-electron chi connectivity index (χ4n) is 0.813. The van der Waals surface area contributed by atoms with E-state index in [0.717, 1.165) is 4.90 Å². The van der Waals surface area contributed by atoms with Crippen molar-refractivity contribution < 1.29 is 4.79 Å². The van der Waals surface area contributed by atoms with E-state index < -0.39 is 4.75 Å². The highest BCUT2D eigenvalue weighted by Gasteiger charge is 2.26. The number of carbonyl (C=O) groups excluding carboxylic acids is 1. The van der Waals surface area contributed by atoms with Crippen LogP contribution in [0.1, 0.15) is 13.8 Å². The van der Waals surface area contributed by atoms with Gasteiger partial charge in [-0.25, -0.2) is 0 Å². The Morgan fingerprint density at radius 2 is 2.00 bits per heavy atom. The first-order valence-corrected chi connectivity index (χ1v) is 6.91. The number of primary amides is 1. The molecule has 0 bridgehead atoms. The number of nitrogens with two attached hydrogens (primary N) is 1. The van der Waals surface area contributed by atoms with Gasteiger partial charge in [-0.3, -0.25) is 4.79 Å². The van der Waals surface area contributed by atoms with Crippen LogP contribution in [0.5, 0.6) is 0 Å². The van der Waals surface area contributed by atoms with Crippen LogP contribution in [0, 0.1) is 0 Å². The maximum atomic E-state index is 11.1. The summed E-state index contributed by atoms with van der Waals surface area (Å²) in [4.78, 5) is 14.8. The standard InChI is InChI=1S/C10H12N4OS2/c1-10(2,9(11)15)17-16-8-5-3-7(4-6-8)13-14-12/h3-6H,1-2H3,(H2,11,15). The number of hydrogen-bond acceptors (Lipinski definition) is 4. The molecule has 1 rings (SSSR count). The van der Waals surface area contributed by atoms with E-state index >= 15 is 0 Å². The van der Waals surface area contributed by atoms with E-state index in [1.807, 2.05) is 12.1 Å². The largest absolute Gasteiger partial charge is 0.368 e. The summed E-state index contributed by atoms with van der Waals surface area (Å²) in [7, 11) is 2.86. The number of amides is 1. The second-order valence-corrected chi connectivity index (χ2v) is 6.55. The quantitative estimate of drug-likeness (QED) is 0.382. The lowest BCUT2D eigenvalue weighted by molar-refractivity contribution is -0.119. The van der Waals surface area contributed by atoms with Gasteiger partial charge in [0.2, 0.25) is 5.91 Å². The van der Waals surface area contributed by atoms with Gasteiger partial charge in [-0.15, -0.1) is 0 Å². The summed E-state index contributed by atoms with van der Waals surface area (Å²) in [5.41, 5.74) is 14.1. The van der Waals surface area contributed by atoms with Crippen molar-refractivity contribution in [2.75, 3.05) is 0 Å². The van der Waals surface area contributed by atoms with E-state index in [9.17, 15) is 4.79 Å². The number of hydrogen-bond donors (Lipinski definition) is 1. The smallest absolute Gasteiger partial charge is 0.233 e. The number of rotatable bonds is 5. The first kappa shape index (κ1) is 13.8. The molecular weight excluding hydrogens is 256 g/mol.